The molecule has 7 aliphatic heterocycles. The Morgan fingerprint density at radius 2 is 1.31 bits per heavy atom. The van der Waals surface area contributed by atoms with Gasteiger partial charge >= 0.3 is 0 Å². The summed E-state index contributed by atoms with van der Waals surface area (Å²) in [4.78, 5) is 138. The Hall–Kier alpha value is -9.90. The maximum Gasteiger partial charge on any atom is 0.259 e. The molecule has 1 unspecified atom stereocenters. The van der Waals surface area contributed by atoms with Crippen molar-refractivity contribution >= 4 is 64.8 Å². The number of nitrogens with one attached hydrogen (secondary N) is 9. The van der Waals surface area contributed by atoms with Gasteiger partial charge in [0.2, 0.25) is 47.5 Å². The van der Waals surface area contributed by atoms with Crippen molar-refractivity contribution in [1.29, 1.82) is 0 Å². The molecule has 11 aliphatic rings. The van der Waals surface area contributed by atoms with Crippen LogP contribution < -0.4 is 67.8 Å². The molecule has 636 valence electrons. The highest BCUT2D eigenvalue weighted by atomic mass is 35.5. The molecule has 37 heteroatoms. The number of hydrogen-bond donors (Lipinski definition) is 19. The van der Waals surface area contributed by atoms with Crippen LogP contribution >= 0.6 is 11.6 Å². The first-order chi connectivity index (χ1) is 56.1. The number of phenolic OH excluding ortho intramolecular Hbond substituents is 3. The second kappa shape index (κ2) is 35.6. The molecule has 0 spiro atoms. The lowest BCUT2D eigenvalue weighted by atomic mass is 9.54. The van der Waals surface area contributed by atoms with Gasteiger partial charge in [0.1, 0.15) is 96.1 Å². The zero-order valence-corrected chi connectivity index (χ0v) is 66.2. The van der Waals surface area contributed by atoms with E-state index in [1.54, 1.807) is 0 Å². The smallest absolute Gasteiger partial charge is 0.259 e. The average Bonchev–Trinajstić information content (AvgIpc) is 0.754. The van der Waals surface area contributed by atoms with Gasteiger partial charge in [-0.2, -0.15) is 0 Å². The van der Waals surface area contributed by atoms with Crippen LogP contribution in [0.25, 0.3) is 11.1 Å². The minimum Gasteiger partial charge on any atom is -0.508 e. The number of nitrogens with two attached hydrogens (primary N) is 1. The largest absolute Gasteiger partial charge is 0.508 e. The third-order valence-electron chi connectivity index (χ3n) is 23.3. The second-order valence-electron chi connectivity index (χ2n) is 32.3. The molecule has 36 nitrogen and oxygen atoms in total. The van der Waals surface area contributed by atoms with Gasteiger partial charge in [-0.15, -0.1) is 0 Å². The minimum atomic E-state index is -2.71. The van der Waals surface area contributed by atoms with E-state index in [4.69, 9.17) is 55.2 Å². The van der Waals surface area contributed by atoms with Crippen molar-refractivity contribution in [2.45, 2.75) is 195 Å². The van der Waals surface area contributed by atoms with Crippen LogP contribution in [0.5, 0.6) is 46.0 Å². The number of ether oxygens (including phenoxy) is 8. The molecular formula is C81H99ClN10O26. The summed E-state index contributed by atoms with van der Waals surface area (Å²) in [5, 5.41) is 129. The van der Waals surface area contributed by atoms with E-state index in [2.05, 4.69) is 42.5 Å². The number of likely N-dealkylation sites (N-methyl/N-ethyl adjacent to an activating group) is 1. The lowest BCUT2D eigenvalue weighted by Gasteiger charge is -2.54. The fourth-order valence-corrected chi connectivity index (χ4v) is 17.7. The number of aliphatic hydroxyl groups excluding tert-OH is 6. The maximum atomic E-state index is 16.5. The fourth-order valence-electron chi connectivity index (χ4n) is 17.4. The fraction of sp³-hybridized carbons (Fsp3) is 0.519. The molecular weight excluding hydrogens is 1560 g/mol. The Bertz CT molecular complexity index is 4660. The van der Waals surface area contributed by atoms with Gasteiger partial charge in [-0.05, 0) is 184 Å². The number of imide groups is 1. The zero-order chi connectivity index (χ0) is 84.8. The zero-order valence-electron chi connectivity index (χ0n) is 65.5. The summed E-state index contributed by atoms with van der Waals surface area (Å²) in [6.07, 6.45) is -13.2. The minimum absolute atomic E-state index is 0.0166. The van der Waals surface area contributed by atoms with Gasteiger partial charge in [-0.3, -0.25) is 48.5 Å². The first-order valence-corrected chi connectivity index (χ1v) is 39.4. The number of phenols is 3. The van der Waals surface area contributed by atoms with Gasteiger partial charge in [0.25, 0.3) is 17.7 Å². The molecule has 2 saturated heterocycles. The molecule has 20 N–H and O–H groups in total. The summed E-state index contributed by atoms with van der Waals surface area (Å²) < 4.78 is 49.5. The van der Waals surface area contributed by atoms with Crippen molar-refractivity contribution in [2.24, 2.45) is 35.3 Å². The quantitative estimate of drug-likeness (QED) is 0.0430. The van der Waals surface area contributed by atoms with Gasteiger partial charge in [0, 0.05) is 42.3 Å². The molecule has 9 amide bonds. The van der Waals surface area contributed by atoms with Crippen molar-refractivity contribution in [3.05, 3.63) is 117 Å². The van der Waals surface area contributed by atoms with Crippen molar-refractivity contribution in [2.75, 3.05) is 40.6 Å². The Morgan fingerprint density at radius 3 is 1.96 bits per heavy atom. The molecule has 4 saturated carbocycles. The average molecular weight is 1660 g/mol. The topological polar surface area (TPSA) is 544 Å². The molecule has 5 aromatic carbocycles. The van der Waals surface area contributed by atoms with E-state index in [1.165, 1.54) is 65.3 Å². The van der Waals surface area contributed by atoms with Crippen molar-refractivity contribution < 1.29 is 127 Å². The number of hydrogen-bond acceptors (Lipinski definition) is 28. The highest BCUT2D eigenvalue weighted by molar-refractivity contribution is 6.32. The molecule has 6 fully saturated rings. The van der Waals surface area contributed by atoms with Crippen LogP contribution in [0, 0.1) is 36.5 Å². The Labute approximate surface area is 681 Å². The number of benzene rings is 5. The number of carbonyl (C=O) groups is 9. The van der Waals surface area contributed by atoms with Crippen molar-refractivity contribution in [1.82, 2.24) is 47.9 Å². The number of methoxy groups -OCH3 is 1. The molecule has 16 rings (SSSR count). The summed E-state index contributed by atoms with van der Waals surface area (Å²) in [5.74, 6) is -15.2. The number of halogens is 1. The second-order valence-corrected chi connectivity index (χ2v) is 32.8. The normalized spacial score (nSPS) is 31.5. The number of fused-ring (bicyclic) bond motifs is 15. The van der Waals surface area contributed by atoms with E-state index >= 15 is 28.8 Å². The molecule has 0 aromatic heterocycles. The van der Waals surface area contributed by atoms with E-state index in [1.807, 2.05) is 19.2 Å². The summed E-state index contributed by atoms with van der Waals surface area (Å²) in [5.41, 5.74) is 3.11. The maximum absolute atomic E-state index is 16.5. The van der Waals surface area contributed by atoms with Gasteiger partial charge < -0.3 is 132 Å². The van der Waals surface area contributed by atoms with Crippen LogP contribution in [0.3, 0.4) is 0 Å². The SMILES string of the molecule is CN[C@H](CC(C)C)C(=O)N[C@H]1C(=O)NC(C(=O)NC(=O)COCCOC)C(=O)N[C@H]2C(=O)N[C@H]3C(=O)N[C@H](C(=O)N[C@H](C(=O)NC4C5CC6CC(C5)CC4C6)c4cc(O)cc(O)c4-c4cc3ccc4O)[C@H](O)c3ccc(c(Cl)c3)Oc3cc2cc(c3O[C@@H]2O[C@H](CO)[C@@H](O)[C@H](O)[C@H]2O[C@H]2C[C@](C)(N)[C@H](O)[C@H](C)O2)Oc2ccc(cc2C)[C@H]1O. The number of rotatable bonds is 18. The van der Waals surface area contributed by atoms with Crippen LogP contribution in [-0.2, 0) is 66.8 Å². The summed E-state index contributed by atoms with van der Waals surface area (Å²) in [6, 6.07) is -0.263. The molecule has 118 heavy (non-hydrogen) atoms. The van der Waals surface area contributed by atoms with Crippen molar-refractivity contribution in [3.63, 3.8) is 0 Å². The third-order valence-corrected chi connectivity index (χ3v) is 23.6. The number of aryl methyl sites for hydroxylation is 1. The van der Waals surface area contributed by atoms with Crippen LogP contribution in [0.15, 0.2) is 78.9 Å². The third kappa shape index (κ3) is 18.2. The molecule has 18 atom stereocenters. The van der Waals surface area contributed by atoms with E-state index in [0.29, 0.717) is 11.8 Å². The first kappa shape index (κ1) is 86.0. The van der Waals surface area contributed by atoms with Crippen LogP contribution in [0.2, 0.25) is 5.02 Å². The van der Waals surface area contributed by atoms with Crippen LogP contribution in [-0.4, -0.2) is 225 Å². The molecule has 4 aliphatic carbocycles. The van der Waals surface area contributed by atoms with E-state index < -0.39 is 221 Å². The van der Waals surface area contributed by atoms with E-state index in [0.717, 1.165) is 80.6 Å². The van der Waals surface area contributed by atoms with Gasteiger partial charge in [0.15, 0.2) is 29.9 Å². The highest BCUT2D eigenvalue weighted by Gasteiger charge is 2.53. The predicted molar refractivity (Wildman–Crippen MR) is 412 cm³/mol. The van der Waals surface area contributed by atoms with Crippen LogP contribution in [0.4, 0.5) is 0 Å². The number of aliphatic hydroxyl groups is 6. The van der Waals surface area contributed by atoms with Crippen molar-refractivity contribution in [3.8, 4) is 57.1 Å². The Kier molecular flexibility index (Phi) is 25.9. The molecule has 5 aromatic rings. The lowest BCUT2D eigenvalue weighted by molar-refractivity contribution is -0.333. The molecule has 7 heterocycles. The Morgan fingerprint density at radius 1 is 0.678 bits per heavy atom. The predicted octanol–water partition coefficient (Wildman–Crippen LogP) is 1.05. The molecule has 15 bridgehead atoms. The summed E-state index contributed by atoms with van der Waals surface area (Å²) >= 11 is 7.26. The summed E-state index contributed by atoms with van der Waals surface area (Å²) in [6.45, 7) is 6.13. The molecule has 0 radical (unpaired) electrons. The monoisotopic (exact) mass is 1660 g/mol. The van der Waals surface area contributed by atoms with Gasteiger partial charge in [0.05, 0.1) is 43.1 Å². The first-order valence-electron chi connectivity index (χ1n) is 39.1. The number of amides is 9. The standard InChI is InChI=1S/C81H99ClN10O26/c1-32(2)16-47(84-6)72(103)90-62-65(98)38-9-12-50(33(3)17-38)114-52-25-42-26-53(69(52)118-80-70(68(101)67(100)54(30-93)116-80)117-56-29-81(5,83)71(102)34(4)113-56)115-51-13-10-39(24-46(51)82)66(99)63-76(107)89-61(75(106)86-58-40-19-35-18-36(21-40)22-41(58)20-35)45-27-43(94)28-49(96)57(45)44-23-37(8-11-48(44)95)59(73(104)91-63)87-74(105)60(42)88-79(110)64(92-77(62)108)78(109)85-55(97)31-112-15-14-111-7/h8-13,17,23-28,32,34-36,40-41,47,54,56,58-68,70-71,80,84,93-96,98-102H,14-16,18-22,29-31,83H2,1-7H3,(H,86,106)(H,87,105)(H,88,110)(H,89,107)(H,90,103)(H,91,104)(H,92,108)(H,85,97,109)/t34-,35?,36?,40?,41?,47+,54+,56-,58?,59+,60+,61-,62+,63-,64?,65+,66+,67+,68-,70+,71+,80-,81-/m0/s1. The van der Waals surface area contributed by atoms with Gasteiger partial charge in [-0.25, -0.2) is 0 Å². The van der Waals surface area contributed by atoms with Crippen LogP contribution in [0.1, 0.15) is 136 Å². The lowest BCUT2D eigenvalue weighted by Crippen LogP contribution is -2.64. The Balaban J connectivity index is 1.02. The highest BCUT2D eigenvalue weighted by Crippen LogP contribution is 2.55. The van der Waals surface area contributed by atoms with Gasteiger partial charge in [-0.1, -0.05) is 43.6 Å². The number of carbonyl (C=O) groups excluding carboxylic acids is 9. The van der Waals surface area contributed by atoms with E-state index in [-0.39, 0.29) is 100 Å². The number of aromatic hydroxyl groups is 3. The summed E-state index contributed by atoms with van der Waals surface area (Å²) in [7, 11) is 2.82. The van der Waals surface area contributed by atoms with E-state index in [9.17, 15) is 60.3 Å².